The Morgan fingerprint density at radius 3 is 2.44 bits per heavy atom. The lowest BCUT2D eigenvalue weighted by Crippen LogP contribution is -2.17. The van der Waals surface area contributed by atoms with Gasteiger partial charge in [-0.15, -0.1) is 0 Å². The summed E-state index contributed by atoms with van der Waals surface area (Å²) in [6, 6.07) is 9.38. The Labute approximate surface area is 155 Å². The van der Waals surface area contributed by atoms with Crippen LogP contribution in [0.2, 0.25) is 0 Å². The van der Waals surface area contributed by atoms with Crippen molar-refractivity contribution in [3.05, 3.63) is 60.4 Å². The normalized spacial score (nSPS) is 14.3. The van der Waals surface area contributed by atoms with Crippen LogP contribution < -0.4 is 10.6 Å². The monoisotopic (exact) mass is 367 g/mol. The van der Waals surface area contributed by atoms with Gasteiger partial charge in [-0.05, 0) is 37.1 Å². The summed E-state index contributed by atoms with van der Waals surface area (Å²) in [4.78, 5) is 13.1. The molecule has 0 atom stereocenters. The van der Waals surface area contributed by atoms with Crippen LogP contribution in [0.4, 0.5) is 26.2 Å². The summed E-state index contributed by atoms with van der Waals surface area (Å²) < 4.78 is 28.0. The maximum atomic E-state index is 14.0. The van der Waals surface area contributed by atoms with E-state index >= 15 is 0 Å². The molecule has 0 saturated heterocycles. The number of aromatic nitrogens is 3. The molecular formula is C20H19F2N5. The molecule has 0 bridgehead atoms. The highest BCUT2D eigenvalue weighted by molar-refractivity contribution is 5.67. The van der Waals surface area contributed by atoms with Gasteiger partial charge in [0.15, 0.2) is 0 Å². The van der Waals surface area contributed by atoms with Gasteiger partial charge >= 0.3 is 0 Å². The van der Waals surface area contributed by atoms with Crippen LogP contribution in [0.25, 0.3) is 11.3 Å². The number of nitrogens with one attached hydrogen (secondary N) is 2. The predicted octanol–water partition coefficient (Wildman–Crippen LogP) is 4.91. The van der Waals surface area contributed by atoms with Crippen molar-refractivity contribution in [2.24, 2.45) is 0 Å². The van der Waals surface area contributed by atoms with Crippen LogP contribution in [0.3, 0.4) is 0 Å². The summed E-state index contributed by atoms with van der Waals surface area (Å²) in [5, 5.41) is 6.09. The van der Waals surface area contributed by atoms with Gasteiger partial charge in [-0.1, -0.05) is 18.9 Å². The van der Waals surface area contributed by atoms with Crippen molar-refractivity contribution in [3.8, 4) is 11.3 Å². The van der Waals surface area contributed by atoms with Crippen molar-refractivity contribution >= 4 is 17.5 Å². The number of hydrogen-bond acceptors (Lipinski definition) is 5. The number of hydrogen-bond donors (Lipinski definition) is 2. The highest BCUT2D eigenvalue weighted by Crippen LogP contribution is 2.27. The van der Waals surface area contributed by atoms with Crippen molar-refractivity contribution in [3.63, 3.8) is 0 Å². The lowest BCUT2D eigenvalue weighted by Gasteiger charge is -2.15. The number of nitrogens with zero attached hydrogens (tertiary/aromatic N) is 3. The molecule has 2 N–H and O–H groups in total. The van der Waals surface area contributed by atoms with Gasteiger partial charge in [0.1, 0.15) is 23.1 Å². The Hall–Kier alpha value is -3.09. The third-order valence-electron chi connectivity index (χ3n) is 4.59. The maximum Gasteiger partial charge on any atom is 0.225 e. The average Bonchev–Trinajstić information content (AvgIpc) is 3.18. The van der Waals surface area contributed by atoms with Crippen molar-refractivity contribution in [2.75, 3.05) is 10.6 Å². The molecule has 1 fully saturated rings. The van der Waals surface area contributed by atoms with Gasteiger partial charge in [-0.25, -0.2) is 13.8 Å². The second kappa shape index (κ2) is 7.65. The van der Waals surface area contributed by atoms with Gasteiger partial charge in [0, 0.05) is 30.1 Å². The van der Waals surface area contributed by atoms with Gasteiger partial charge in [-0.2, -0.15) is 4.98 Å². The topological polar surface area (TPSA) is 62.7 Å². The number of benzene rings is 1. The SMILES string of the molecule is Fc1cccc(F)c1Nc1cc(-c2cccnc2)nc(NC2CCCC2)n1. The smallest absolute Gasteiger partial charge is 0.225 e. The Morgan fingerprint density at radius 2 is 1.74 bits per heavy atom. The van der Waals surface area contributed by atoms with E-state index < -0.39 is 11.6 Å². The number of rotatable bonds is 5. The molecule has 3 aromatic rings. The molecule has 1 saturated carbocycles. The van der Waals surface area contributed by atoms with Crippen molar-refractivity contribution < 1.29 is 8.78 Å². The zero-order chi connectivity index (χ0) is 18.6. The molecule has 0 aliphatic heterocycles. The molecule has 4 rings (SSSR count). The average molecular weight is 367 g/mol. The molecule has 0 radical (unpaired) electrons. The number of halogens is 2. The van der Waals surface area contributed by atoms with Gasteiger partial charge in [0.05, 0.1) is 5.69 Å². The minimum atomic E-state index is -0.679. The predicted molar refractivity (Wildman–Crippen MR) is 101 cm³/mol. The van der Waals surface area contributed by atoms with E-state index in [9.17, 15) is 8.78 Å². The van der Waals surface area contributed by atoms with E-state index in [1.54, 1.807) is 18.5 Å². The Kier molecular flexibility index (Phi) is 4.91. The Bertz CT molecular complexity index is 907. The highest BCUT2D eigenvalue weighted by atomic mass is 19.1. The van der Waals surface area contributed by atoms with Crippen molar-refractivity contribution in [1.29, 1.82) is 0 Å². The van der Waals surface area contributed by atoms with Crippen LogP contribution in [0, 0.1) is 11.6 Å². The van der Waals surface area contributed by atoms with Gasteiger partial charge in [0.2, 0.25) is 5.95 Å². The second-order valence-electron chi connectivity index (χ2n) is 6.55. The molecule has 0 amide bonds. The molecular weight excluding hydrogens is 348 g/mol. The Balaban J connectivity index is 1.71. The van der Waals surface area contributed by atoms with E-state index in [4.69, 9.17) is 0 Å². The minimum absolute atomic E-state index is 0.236. The Morgan fingerprint density at radius 1 is 0.963 bits per heavy atom. The molecule has 0 spiro atoms. The fraction of sp³-hybridized carbons (Fsp3) is 0.250. The summed E-state index contributed by atoms with van der Waals surface area (Å²) in [5.41, 5.74) is 1.18. The zero-order valence-corrected chi connectivity index (χ0v) is 14.6. The lowest BCUT2D eigenvalue weighted by atomic mass is 10.2. The van der Waals surface area contributed by atoms with Crippen LogP contribution in [0.5, 0.6) is 0 Å². The molecule has 1 aromatic carbocycles. The van der Waals surface area contributed by atoms with E-state index in [2.05, 4.69) is 25.6 Å². The first-order valence-electron chi connectivity index (χ1n) is 8.96. The minimum Gasteiger partial charge on any atom is -0.351 e. The van der Waals surface area contributed by atoms with E-state index in [1.165, 1.54) is 31.0 Å². The van der Waals surface area contributed by atoms with Crippen LogP contribution in [0.1, 0.15) is 25.7 Å². The third kappa shape index (κ3) is 4.02. The summed E-state index contributed by atoms with van der Waals surface area (Å²) in [5.74, 6) is -0.612. The fourth-order valence-corrected chi connectivity index (χ4v) is 3.24. The first-order valence-corrected chi connectivity index (χ1v) is 8.96. The molecule has 7 heteroatoms. The second-order valence-corrected chi connectivity index (χ2v) is 6.55. The van der Waals surface area contributed by atoms with Gasteiger partial charge in [-0.3, -0.25) is 4.98 Å². The van der Waals surface area contributed by atoms with E-state index in [1.807, 2.05) is 12.1 Å². The van der Waals surface area contributed by atoms with E-state index in [0.717, 1.165) is 18.4 Å². The third-order valence-corrected chi connectivity index (χ3v) is 4.59. The number of anilines is 3. The molecule has 138 valence electrons. The highest BCUT2D eigenvalue weighted by Gasteiger charge is 2.17. The molecule has 2 heterocycles. The molecule has 0 unspecified atom stereocenters. The molecule has 27 heavy (non-hydrogen) atoms. The summed E-state index contributed by atoms with van der Waals surface area (Å²) in [6.45, 7) is 0. The molecule has 2 aromatic heterocycles. The maximum absolute atomic E-state index is 14.0. The van der Waals surface area contributed by atoms with Crippen LogP contribution in [-0.4, -0.2) is 21.0 Å². The summed E-state index contributed by atoms with van der Waals surface area (Å²) in [7, 11) is 0. The van der Waals surface area contributed by atoms with Crippen LogP contribution >= 0.6 is 0 Å². The standard InChI is InChI=1S/C20H19F2N5/c21-15-8-3-9-16(22)19(15)26-18-11-17(13-5-4-10-23-12-13)25-20(27-18)24-14-6-1-2-7-14/h3-5,8-12,14H,1-2,6-7H2,(H2,24,25,26,27). The van der Waals surface area contributed by atoms with E-state index in [-0.39, 0.29) is 5.69 Å². The van der Waals surface area contributed by atoms with Crippen molar-refractivity contribution in [1.82, 2.24) is 15.0 Å². The number of pyridine rings is 1. The van der Waals surface area contributed by atoms with Crippen LogP contribution in [0.15, 0.2) is 48.8 Å². The quantitative estimate of drug-likeness (QED) is 0.670. The van der Waals surface area contributed by atoms with Gasteiger partial charge < -0.3 is 10.6 Å². The molecule has 5 nitrogen and oxygen atoms in total. The molecule has 1 aliphatic rings. The zero-order valence-electron chi connectivity index (χ0n) is 14.6. The fourth-order valence-electron chi connectivity index (χ4n) is 3.24. The van der Waals surface area contributed by atoms with E-state index in [0.29, 0.717) is 23.5 Å². The summed E-state index contributed by atoms with van der Waals surface area (Å²) in [6.07, 6.45) is 7.83. The van der Waals surface area contributed by atoms with Gasteiger partial charge in [0.25, 0.3) is 0 Å². The largest absolute Gasteiger partial charge is 0.351 e. The van der Waals surface area contributed by atoms with Crippen molar-refractivity contribution in [2.45, 2.75) is 31.7 Å². The molecule has 1 aliphatic carbocycles. The number of para-hydroxylation sites is 1. The summed E-state index contributed by atoms with van der Waals surface area (Å²) >= 11 is 0. The first-order chi connectivity index (χ1) is 13.2. The van der Waals surface area contributed by atoms with Crippen LogP contribution in [-0.2, 0) is 0 Å². The lowest BCUT2D eigenvalue weighted by molar-refractivity contribution is 0.590. The first kappa shape index (κ1) is 17.3.